The Bertz CT molecular complexity index is 337. The van der Waals surface area contributed by atoms with Gasteiger partial charge in [-0.2, -0.15) is 0 Å². The number of β-amino-alcohol motifs (C(OH)–C–C–N with tert-alkyl or cyclic N) is 1. The first-order chi connectivity index (χ1) is 7.05. The van der Waals surface area contributed by atoms with Crippen molar-refractivity contribution in [2.24, 2.45) is 0 Å². The van der Waals surface area contributed by atoms with Crippen LogP contribution in [-0.4, -0.2) is 28.7 Å². The van der Waals surface area contributed by atoms with Crippen molar-refractivity contribution < 1.29 is 5.11 Å². The van der Waals surface area contributed by atoms with Gasteiger partial charge < -0.3 is 5.11 Å². The minimum atomic E-state index is -0.493. The SMILES string of the molecule is CC1(O)CCCN(Cc2cc(Br)cs2)C1. The minimum absolute atomic E-state index is 0.493. The fourth-order valence-electron chi connectivity index (χ4n) is 2.12. The van der Waals surface area contributed by atoms with Crippen LogP contribution in [0.1, 0.15) is 24.6 Å². The average molecular weight is 290 g/mol. The highest BCUT2D eigenvalue weighted by Crippen LogP contribution is 2.25. The second-order valence-corrected chi connectivity index (χ2v) is 6.45. The summed E-state index contributed by atoms with van der Waals surface area (Å²) in [5, 5.41) is 12.1. The molecule has 0 spiro atoms. The van der Waals surface area contributed by atoms with Crippen LogP contribution >= 0.6 is 27.3 Å². The molecule has 2 rings (SSSR count). The fourth-order valence-corrected chi connectivity index (χ4v) is 3.61. The van der Waals surface area contributed by atoms with Gasteiger partial charge in [0.1, 0.15) is 0 Å². The van der Waals surface area contributed by atoms with Crippen LogP contribution in [0.2, 0.25) is 0 Å². The molecule has 1 saturated heterocycles. The molecule has 0 saturated carbocycles. The van der Waals surface area contributed by atoms with Crippen LogP contribution in [0.3, 0.4) is 0 Å². The summed E-state index contributed by atoms with van der Waals surface area (Å²) in [6, 6.07) is 2.16. The Hall–Kier alpha value is 0.1000. The van der Waals surface area contributed by atoms with E-state index >= 15 is 0 Å². The average Bonchev–Trinajstić information content (AvgIpc) is 2.49. The van der Waals surface area contributed by atoms with Gasteiger partial charge in [-0.15, -0.1) is 11.3 Å². The molecule has 0 amide bonds. The molecule has 1 aromatic rings. The van der Waals surface area contributed by atoms with Gasteiger partial charge in [0, 0.05) is 27.8 Å². The second-order valence-electron chi connectivity index (χ2n) is 4.54. The molecule has 1 aliphatic rings. The Kier molecular flexibility index (Phi) is 3.50. The lowest BCUT2D eigenvalue weighted by molar-refractivity contribution is -0.0178. The van der Waals surface area contributed by atoms with Crippen molar-refractivity contribution >= 4 is 27.3 Å². The molecule has 84 valence electrons. The molecule has 1 aliphatic heterocycles. The van der Waals surface area contributed by atoms with Crippen LogP contribution in [0.5, 0.6) is 0 Å². The predicted octanol–water partition coefficient (Wildman–Crippen LogP) is 2.86. The summed E-state index contributed by atoms with van der Waals surface area (Å²) in [4.78, 5) is 3.70. The van der Waals surface area contributed by atoms with Gasteiger partial charge in [-0.05, 0) is 48.3 Å². The first-order valence-electron chi connectivity index (χ1n) is 5.23. The smallest absolute Gasteiger partial charge is 0.0746 e. The highest BCUT2D eigenvalue weighted by atomic mass is 79.9. The van der Waals surface area contributed by atoms with Crippen molar-refractivity contribution in [3.05, 3.63) is 20.8 Å². The minimum Gasteiger partial charge on any atom is -0.389 e. The van der Waals surface area contributed by atoms with E-state index in [-0.39, 0.29) is 0 Å². The van der Waals surface area contributed by atoms with Crippen LogP contribution in [-0.2, 0) is 6.54 Å². The monoisotopic (exact) mass is 289 g/mol. The summed E-state index contributed by atoms with van der Waals surface area (Å²) >= 11 is 5.24. The molecule has 1 N–H and O–H groups in total. The molecule has 0 aromatic carbocycles. The van der Waals surface area contributed by atoms with Crippen molar-refractivity contribution in [2.45, 2.75) is 31.9 Å². The summed E-state index contributed by atoms with van der Waals surface area (Å²) in [5.74, 6) is 0. The Morgan fingerprint density at radius 3 is 3.07 bits per heavy atom. The van der Waals surface area contributed by atoms with Crippen LogP contribution in [0.25, 0.3) is 0 Å². The van der Waals surface area contributed by atoms with Gasteiger partial charge in [-0.25, -0.2) is 0 Å². The molecule has 0 aliphatic carbocycles. The molecule has 2 heterocycles. The lowest BCUT2D eigenvalue weighted by Gasteiger charge is -2.36. The van der Waals surface area contributed by atoms with Gasteiger partial charge in [0.05, 0.1) is 5.60 Å². The largest absolute Gasteiger partial charge is 0.389 e. The number of rotatable bonds is 2. The molecule has 0 radical (unpaired) electrons. The number of hydrogen-bond acceptors (Lipinski definition) is 3. The topological polar surface area (TPSA) is 23.5 Å². The summed E-state index contributed by atoms with van der Waals surface area (Å²) in [6.45, 7) is 4.80. The number of aliphatic hydroxyl groups is 1. The Labute approximate surface area is 103 Å². The van der Waals surface area contributed by atoms with E-state index in [0.29, 0.717) is 0 Å². The van der Waals surface area contributed by atoms with Crippen molar-refractivity contribution in [1.29, 1.82) is 0 Å². The molecule has 15 heavy (non-hydrogen) atoms. The zero-order chi connectivity index (χ0) is 10.9. The molecule has 1 aromatic heterocycles. The van der Waals surface area contributed by atoms with E-state index in [0.717, 1.165) is 36.9 Å². The molecular formula is C11H16BrNOS. The summed E-state index contributed by atoms with van der Waals surface area (Å²) in [7, 11) is 0. The highest BCUT2D eigenvalue weighted by Gasteiger charge is 2.28. The summed E-state index contributed by atoms with van der Waals surface area (Å²) in [6.07, 6.45) is 2.02. The van der Waals surface area contributed by atoms with Gasteiger partial charge in [0.15, 0.2) is 0 Å². The van der Waals surface area contributed by atoms with Crippen LogP contribution in [0.4, 0.5) is 0 Å². The van der Waals surface area contributed by atoms with E-state index in [1.807, 2.05) is 6.92 Å². The Balaban J connectivity index is 1.95. The van der Waals surface area contributed by atoms with Crippen molar-refractivity contribution in [3.63, 3.8) is 0 Å². The van der Waals surface area contributed by atoms with Gasteiger partial charge >= 0.3 is 0 Å². The van der Waals surface area contributed by atoms with Crippen LogP contribution in [0, 0.1) is 0 Å². The number of piperidine rings is 1. The maximum Gasteiger partial charge on any atom is 0.0746 e. The quantitative estimate of drug-likeness (QED) is 0.905. The maximum atomic E-state index is 9.98. The first-order valence-corrected chi connectivity index (χ1v) is 6.90. The second kappa shape index (κ2) is 4.53. The number of halogens is 1. The van der Waals surface area contributed by atoms with E-state index in [1.54, 1.807) is 11.3 Å². The maximum absolute atomic E-state index is 9.98. The lowest BCUT2D eigenvalue weighted by Crippen LogP contribution is -2.45. The van der Waals surface area contributed by atoms with Gasteiger partial charge in [0.25, 0.3) is 0 Å². The molecule has 2 nitrogen and oxygen atoms in total. The highest BCUT2D eigenvalue weighted by molar-refractivity contribution is 9.10. The van der Waals surface area contributed by atoms with Crippen molar-refractivity contribution in [3.8, 4) is 0 Å². The van der Waals surface area contributed by atoms with Crippen molar-refractivity contribution in [1.82, 2.24) is 4.90 Å². The van der Waals surface area contributed by atoms with Gasteiger partial charge in [-0.3, -0.25) is 4.90 Å². The molecule has 1 fully saturated rings. The lowest BCUT2D eigenvalue weighted by atomic mass is 9.95. The molecule has 4 heteroatoms. The third kappa shape index (κ3) is 3.28. The number of likely N-dealkylation sites (tertiary alicyclic amines) is 1. The number of thiophene rings is 1. The zero-order valence-electron chi connectivity index (χ0n) is 8.87. The van der Waals surface area contributed by atoms with E-state index < -0.39 is 5.60 Å². The normalized spacial score (nSPS) is 28.2. The molecule has 1 unspecified atom stereocenters. The van der Waals surface area contributed by atoms with Gasteiger partial charge in [0.2, 0.25) is 0 Å². The zero-order valence-corrected chi connectivity index (χ0v) is 11.3. The van der Waals surface area contributed by atoms with Crippen LogP contribution < -0.4 is 0 Å². The fraction of sp³-hybridized carbons (Fsp3) is 0.636. The van der Waals surface area contributed by atoms with Gasteiger partial charge in [-0.1, -0.05) is 0 Å². The Morgan fingerprint density at radius 1 is 1.67 bits per heavy atom. The van der Waals surface area contributed by atoms with E-state index in [1.165, 1.54) is 4.88 Å². The van der Waals surface area contributed by atoms with Crippen molar-refractivity contribution in [2.75, 3.05) is 13.1 Å². The molecule has 1 atom stereocenters. The van der Waals surface area contributed by atoms with E-state index in [9.17, 15) is 5.11 Å². The van der Waals surface area contributed by atoms with E-state index in [4.69, 9.17) is 0 Å². The number of nitrogens with zero attached hydrogens (tertiary/aromatic N) is 1. The summed E-state index contributed by atoms with van der Waals surface area (Å²) in [5.41, 5.74) is -0.493. The van der Waals surface area contributed by atoms with Crippen LogP contribution in [0.15, 0.2) is 15.9 Å². The predicted molar refractivity (Wildman–Crippen MR) is 67.2 cm³/mol. The first kappa shape index (κ1) is 11.6. The third-order valence-corrected chi connectivity index (χ3v) is 4.44. The molecule has 0 bridgehead atoms. The standard InChI is InChI=1S/C11H16BrNOS/c1-11(14)3-2-4-13(8-11)6-10-5-9(12)7-15-10/h5,7,14H,2-4,6,8H2,1H3. The summed E-state index contributed by atoms with van der Waals surface area (Å²) < 4.78 is 1.16. The van der Waals surface area contributed by atoms with E-state index in [2.05, 4.69) is 32.3 Å². The molecular weight excluding hydrogens is 274 g/mol. The Morgan fingerprint density at radius 2 is 2.47 bits per heavy atom. The third-order valence-electron chi connectivity index (χ3n) is 2.76. The number of hydrogen-bond donors (Lipinski definition) is 1.